The van der Waals surface area contributed by atoms with Crippen LogP contribution in [0.1, 0.15) is 23.9 Å². The van der Waals surface area contributed by atoms with E-state index in [1.807, 2.05) is 52.5 Å². The van der Waals surface area contributed by atoms with Crippen molar-refractivity contribution in [1.29, 1.82) is 0 Å². The fraction of sp³-hybridized carbons (Fsp3) is 0.235. The predicted molar refractivity (Wildman–Crippen MR) is 90.7 cm³/mol. The van der Waals surface area contributed by atoms with Crippen LogP contribution in [0.25, 0.3) is 5.65 Å². The first-order chi connectivity index (χ1) is 11.5. The number of nitrogens with one attached hydrogen (secondary N) is 1. The lowest BCUT2D eigenvalue weighted by atomic mass is 9.95. The highest BCUT2D eigenvalue weighted by molar-refractivity contribution is 7.08. The molecule has 0 unspecified atom stereocenters. The Morgan fingerprint density at radius 1 is 1.29 bits per heavy atom. The highest BCUT2D eigenvalue weighted by Crippen LogP contribution is 2.31. The second-order valence-electron chi connectivity index (χ2n) is 6.03. The number of amides is 3. The molecule has 1 fully saturated rings. The van der Waals surface area contributed by atoms with Gasteiger partial charge in [-0.1, -0.05) is 6.07 Å². The van der Waals surface area contributed by atoms with Gasteiger partial charge in [0.25, 0.3) is 5.91 Å². The zero-order valence-corrected chi connectivity index (χ0v) is 14.1. The molecule has 7 heteroatoms. The summed E-state index contributed by atoms with van der Waals surface area (Å²) < 4.78 is 1.91. The lowest BCUT2D eigenvalue weighted by Gasteiger charge is -2.20. The number of nitrogens with zero attached hydrogens (tertiary/aromatic N) is 3. The number of pyridine rings is 1. The molecule has 122 valence electrons. The summed E-state index contributed by atoms with van der Waals surface area (Å²) in [6, 6.07) is 7.20. The molecular weight excluding hydrogens is 324 g/mol. The molecule has 4 rings (SSSR count). The van der Waals surface area contributed by atoms with Crippen LogP contribution in [0.5, 0.6) is 0 Å². The number of aromatic nitrogens is 2. The van der Waals surface area contributed by atoms with Crippen molar-refractivity contribution >= 4 is 28.9 Å². The summed E-state index contributed by atoms with van der Waals surface area (Å²) in [7, 11) is 0. The Morgan fingerprint density at radius 2 is 2.12 bits per heavy atom. The topological polar surface area (TPSA) is 66.7 Å². The van der Waals surface area contributed by atoms with Gasteiger partial charge >= 0.3 is 6.03 Å². The molecule has 0 saturated carbocycles. The van der Waals surface area contributed by atoms with Gasteiger partial charge in [-0.05, 0) is 48.4 Å². The number of thiophene rings is 1. The second kappa shape index (κ2) is 5.17. The molecule has 4 heterocycles. The molecule has 1 atom stereocenters. The average Bonchev–Trinajstić information content (AvgIpc) is 3.24. The van der Waals surface area contributed by atoms with Gasteiger partial charge < -0.3 is 9.72 Å². The van der Waals surface area contributed by atoms with Crippen LogP contribution >= 0.6 is 11.3 Å². The van der Waals surface area contributed by atoms with Crippen LogP contribution in [0, 0.1) is 6.92 Å². The molecule has 24 heavy (non-hydrogen) atoms. The summed E-state index contributed by atoms with van der Waals surface area (Å²) in [6.07, 6.45) is 1.89. The van der Waals surface area contributed by atoms with Crippen LogP contribution in [0.4, 0.5) is 4.79 Å². The van der Waals surface area contributed by atoms with Crippen molar-refractivity contribution in [1.82, 2.24) is 19.6 Å². The molecule has 0 radical (unpaired) electrons. The van der Waals surface area contributed by atoms with Gasteiger partial charge in [0, 0.05) is 6.20 Å². The number of fused-ring (bicyclic) bond motifs is 1. The number of carbonyl (C=O) groups excluding carboxylic acids is 2. The number of urea groups is 1. The van der Waals surface area contributed by atoms with Crippen molar-refractivity contribution in [3.05, 3.63) is 58.2 Å². The predicted octanol–water partition coefficient (Wildman–Crippen LogP) is 2.67. The van der Waals surface area contributed by atoms with Gasteiger partial charge in [-0.3, -0.25) is 9.69 Å². The summed E-state index contributed by atoms with van der Waals surface area (Å²) >= 11 is 1.50. The number of hydrogen-bond donors (Lipinski definition) is 1. The zero-order chi connectivity index (χ0) is 16.9. The minimum absolute atomic E-state index is 0.196. The Balaban J connectivity index is 1.71. The zero-order valence-electron chi connectivity index (χ0n) is 13.3. The molecule has 0 aromatic carbocycles. The summed E-state index contributed by atoms with van der Waals surface area (Å²) in [4.78, 5) is 31.1. The maximum atomic E-state index is 12.9. The van der Waals surface area contributed by atoms with Crippen molar-refractivity contribution in [3.8, 4) is 0 Å². The van der Waals surface area contributed by atoms with E-state index in [4.69, 9.17) is 0 Å². The molecule has 0 bridgehead atoms. The molecule has 1 aliphatic heterocycles. The highest BCUT2D eigenvalue weighted by Gasteiger charge is 2.49. The van der Waals surface area contributed by atoms with E-state index in [0.717, 1.165) is 22.6 Å². The largest absolute Gasteiger partial charge is 0.325 e. The lowest BCUT2D eigenvalue weighted by molar-refractivity contribution is -0.131. The SMILES string of the molecule is Cc1nc2ccccn2c1CN1C(=O)N[C@](C)(c2ccsc2)C1=O. The molecule has 1 N–H and O–H groups in total. The Bertz CT molecular complexity index is 947. The fourth-order valence-corrected chi connectivity index (χ4v) is 3.85. The van der Waals surface area contributed by atoms with E-state index in [2.05, 4.69) is 10.3 Å². The van der Waals surface area contributed by atoms with Gasteiger partial charge in [0.05, 0.1) is 17.9 Å². The molecule has 1 saturated heterocycles. The first-order valence-electron chi connectivity index (χ1n) is 7.60. The smallest absolute Gasteiger partial charge is 0.319 e. The van der Waals surface area contributed by atoms with Crippen molar-refractivity contribution in [2.45, 2.75) is 25.9 Å². The van der Waals surface area contributed by atoms with Crippen LogP contribution in [0.2, 0.25) is 0 Å². The summed E-state index contributed by atoms with van der Waals surface area (Å²) in [5.41, 5.74) is 2.25. The third-order valence-electron chi connectivity index (χ3n) is 4.51. The first kappa shape index (κ1) is 14.9. The van der Waals surface area contributed by atoms with E-state index in [1.54, 1.807) is 6.92 Å². The number of imide groups is 1. The number of hydrogen-bond acceptors (Lipinski definition) is 4. The van der Waals surface area contributed by atoms with Gasteiger partial charge in [-0.2, -0.15) is 11.3 Å². The minimum Gasteiger partial charge on any atom is -0.319 e. The Kier molecular flexibility index (Phi) is 3.21. The van der Waals surface area contributed by atoms with Crippen molar-refractivity contribution in [2.75, 3.05) is 0 Å². The summed E-state index contributed by atoms with van der Waals surface area (Å²) in [5.74, 6) is -0.240. The van der Waals surface area contributed by atoms with Crippen LogP contribution in [0.15, 0.2) is 41.2 Å². The first-order valence-corrected chi connectivity index (χ1v) is 8.54. The maximum absolute atomic E-state index is 12.9. The Morgan fingerprint density at radius 3 is 2.88 bits per heavy atom. The molecule has 0 aliphatic carbocycles. The van der Waals surface area contributed by atoms with Crippen molar-refractivity contribution in [3.63, 3.8) is 0 Å². The van der Waals surface area contributed by atoms with E-state index in [9.17, 15) is 9.59 Å². The molecule has 3 amide bonds. The third kappa shape index (κ3) is 2.05. The minimum atomic E-state index is -1.01. The average molecular weight is 340 g/mol. The number of imidazole rings is 1. The molecular formula is C17H16N4O2S. The Labute approximate surface area is 142 Å². The van der Waals surface area contributed by atoms with E-state index in [-0.39, 0.29) is 18.5 Å². The van der Waals surface area contributed by atoms with E-state index in [1.165, 1.54) is 16.2 Å². The normalized spacial score (nSPS) is 20.8. The van der Waals surface area contributed by atoms with Crippen molar-refractivity contribution < 1.29 is 9.59 Å². The summed E-state index contributed by atoms with van der Waals surface area (Å²) in [6.45, 7) is 3.83. The monoisotopic (exact) mass is 340 g/mol. The molecule has 1 aliphatic rings. The summed E-state index contributed by atoms with van der Waals surface area (Å²) in [5, 5.41) is 6.62. The van der Waals surface area contributed by atoms with Crippen LogP contribution in [0.3, 0.4) is 0 Å². The van der Waals surface area contributed by atoms with Gasteiger partial charge in [0.2, 0.25) is 0 Å². The van der Waals surface area contributed by atoms with Gasteiger partial charge in [-0.15, -0.1) is 0 Å². The quantitative estimate of drug-likeness (QED) is 0.746. The van der Waals surface area contributed by atoms with Crippen molar-refractivity contribution in [2.24, 2.45) is 0 Å². The van der Waals surface area contributed by atoms with E-state index < -0.39 is 5.54 Å². The molecule has 0 spiro atoms. The number of rotatable bonds is 3. The molecule has 3 aromatic rings. The van der Waals surface area contributed by atoms with Crippen LogP contribution in [-0.2, 0) is 16.9 Å². The lowest BCUT2D eigenvalue weighted by Crippen LogP contribution is -2.40. The Hall–Kier alpha value is -2.67. The van der Waals surface area contributed by atoms with E-state index in [0.29, 0.717) is 0 Å². The molecule has 6 nitrogen and oxygen atoms in total. The van der Waals surface area contributed by atoms with Gasteiger partial charge in [0.1, 0.15) is 11.2 Å². The van der Waals surface area contributed by atoms with Crippen LogP contribution in [-0.4, -0.2) is 26.2 Å². The number of aryl methyl sites for hydroxylation is 1. The second-order valence-corrected chi connectivity index (χ2v) is 6.81. The van der Waals surface area contributed by atoms with E-state index >= 15 is 0 Å². The maximum Gasteiger partial charge on any atom is 0.325 e. The van der Waals surface area contributed by atoms with Gasteiger partial charge in [-0.25, -0.2) is 9.78 Å². The third-order valence-corrected chi connectivity index (χ3v) is 5.19. The molecule has 3 aromatic heterocycles. The standard InChI is InChI=1S/C17H16N4O2S/c1-11-13(20-7-4-3-5-14(20)18-11)9-21-15(22)17(2,19-16(21)23)12-6-8-24-10-12/h3-8,10H,9H2,1-2H3,(H,19,23)/t17-/m1/s1. The highest BCUT2D eigenvalue weighted by atomic mass is 32.1. The van der Waals surface area contributed by atoms with Gasteiger partial charge in [0.15, 0.2) is 0 Å². The number of carbonyl (C=O) groups is 2. The van der Waals surface area contributed by atoms with Crippen LogP contribution < -0.4 is 5.32 Å². The fourth-order valence-electron chi connectivity index (χ4n) is 3.09.